The lowest BCUT2D eigenvalue weighted by atomic mass is 10.2. The second-order valence-corrected chi connectivity index (χ2v) is 4.60. The number of rotatable bonds is 3. The monoisotopic (exact) mass is 279 g/mol. The fourth-order valence-corrected chi connectivity index (χ4v) is 2.20. The number of aromatic nitrogens is 1. The van der Waals surface area contributed by atoms with E-state index in [0.717, 1.165) is 5.56 Å². The quantitative estimate of drug-likeness (QED) is 0.740. The summed E-state index contributed by atoms with van der Waals surface area (Å²) in [5.41, 5.74) is 1.03. The van der Waals surface area contributed by atoms with Crippen molar-refractivity contribution in [1.82, 2.24) is 4.57 Å². The number of allylic oxidation sites excluding steroid dienone is 1. The summed E-state index contributed by atoms with van der Waals surface area (Å²) in [7, 11) is 0. The first kappa shape index (κ1) is 13.1. The first-order valence-electron chi connectivity index (χ1n) is 6.60. The molecule has 21 heavy (non-hydrogen) atoms. The molecule has 0 aliphatic rings. The Morgan fingerprint density at radius 1 is 0.952 bits per heavy atom. The molecule has 0 aliphatic heterocycles. The topological polar surface area (TPSA) is 52.2 Å². The van der Waals surface area contributed by atoms with E-state index in [0.29, 0.717) is 17.4 Å². The van der Waals surface area contributed by atoms with Crippen LogP contribution in [0.3, 0.4) is 0 Å². The van der Waals surface area contributed by atoms with Gasteiger partial charge in [-0.15, -0.1) is 0 Å². The number of para-hydroxylation sites is 1. The van der Waals surface area contributed by atoms with Gasteiger partial charge in [0.25, 0.3) is 0 Å². The van der Waals surface area contributed by atoms with Crippen molar-refractivity contribution in [2.75, 3.05) is 0 Å². The van der Waals surface area contributed by atoms with Crippen LogP contribution in [0.2, 0.25) is 0 Å². The highest BCUT2D eigenvalue weighted by atomic mass is 16.4. The molecule has 0 spiro atoms. The Kier molecular flexibility index (Phi) is 3.51. The van der Waals surface area contributed by atoms with Gasteiger partial charge in [0.15, 0.2) is 0 Å². The van der Waals surface area contributed by atoms with Crippen molar-refractivity contribution in [3.63, 3.8) is 0 Å². The van der Waals surface area contributed by atoms with Crippen LogP contribution in [0.25, 0.3) is 17.0 Å². The number of nitrogens with zero attached hydrogens (tertiary/aromatic N) is 1. The molecule has 0 bridgehead atoms. The van der Waals surface area contributed by atoms with Crippen molar-refractivity contribution < 1.29 is 4.42 Å². The maximum atomic E-state index is 11.9. The molecule has 3 rings (SSSR count). The molecule has 3 aromatic rings. The predicted molar refractivity (Wildman–Crippen MR) is 82.2 cm³/mol. The molecule has 4 nitrogen and oxygen atoms in total. The van der Waals surface area contributed by atoms with Crippen molar-refractivity contribution in [1.29, 1.82) is 0 Å². The molecule has 0 saturated heterocycles. The van der Waals surface area contributed by atoms with Gasteiger partial charge >= 0.3 is 11.4 Å². The second-order valence-electron chi connectivity index (χ2n) is 4.60. The summed E-state index contributed by atoms with van der Waals surface area (Å²) in [5.74, 6) is -0.642. The smallest absolute Gasteiger partial charge is 0.372 e. The molecular formula is C17H13NO3. The Hall–Kier alpha value is -2.88. The van der Waals surface area contributed by atoms with Crippen LogP contribution in [-0.2, 0) is 6.54 Å². The molecule has 0 amide bonds. The maximum absolute atomic E-state index is 11.9. The zero-order valence-electron chi connectivity index (χ0n) is 11.2. The fourth-order valence-electron chi connectivity index (χ4n) is 2.20. The Morgan fingerprint density at radius 2 is 1.67 bits per heavy atom. The van der Waals surface area contributed by atoms with Crippen molar-refractivity contribution in [3.05, 3.63) is 87.2 Å². The largest absolute Gasteiger partial charge is 0.422 e. The van der Waals surface area contributed by atoms with E-state index in [4.69, 9.17) is 4.42 Å². The Labute approximate surface area is 120 Å². The average Bonchev–Trinajstić information content (AvgIpc) is 2.51. The van der Waals surface area contributed by atoms with Gasteiger partial charge in [-0.3, -0.25) is 4.57 Å². The van der Waals surface area contributed by atoms with Crippen LogP contribution in [-0.4, -0.2) is 4.57 Å². The van der Waals surface area contributed by atoms with Crippen molar-refractivity contribution in [2.45, 2.75) is 6.54 Å². The molecule has 0 saturated carbocycles. The molecule has 1 aromatic heterocycles. The van der Waals surface area contributed by atoms with Crippen LogP contribution < -0.4 is 11.4 Å². The SMILES string of the molecule is O=c1oc(=O)n(C/C=C/c2ccccc2)c2ccccc12. The molecule has 4 heteroatoms. The van der Waals surface area contributed by atoms with Crippen LogP contribution in [0, 0.1) is 0 Å². The van der Waals surface area contributed by atoms with Crippen molar-refractivity contribution in [3.8, 4) is 0 Å². The van der Waals surface area contributed by atoms with Gasteiger partial charge in [0.05, 0.1) is 10.9 Å². The van der Waals surface area contributed by atoms with Crippen LogP contribution in [0.1, 0.15) is 5.56 Å². The minimum absolute atomic E-state index is 0.345. The maximum Gasteiger partial charge on any atom is 0.422 e. The third kappa shape index (κ3) is 2.69. The average molecular weight is 279 g/mol. The Morgan fingerprint density at radius 3 is 2.48 bits per heavy atom. The highest BCUT2D eigenvalue weighted by Gasteiger charge is 2.06. The molecule has 0 fully saturated rings. The van der Waals surface area contributed by atoms with Crippen LogP contribution >= 0.6 is 0 Å². The summed E-state index contributed by atoms with van der Waals surface area (Å²) in [6.45, 7) is 0.345. The van der Waals surface area contributed by atoms with E-state index in [2.05, 4.69) is 0 Å². The third-order valence-electron chi connectivity index (χ3n) is 3.21. The van der Waals surface area contributed by atoms with E-state index >= 15 is 0 Å². The first-order valence-corrected chi connectivity index (χ1v) is 6.60. The molecule has 0 unspecified atom stereocenters. The van der Waals surface area contributed by atoms with E-state index in [1.165, 1.54) is 4.57 Å². The van der Waals surface area contributed by atoms with Crippen LogP contribution in [0.15, 0.2) is 74.7 Å². The second kappa shape index (κ2) is 5.63. The summed E-state index contributed by atoms with van der Waals surface area (Å²) in [6.07, 6.45) is 3.79. The van der Waals surface area contributed by atoms with Gasteiger partial charge in [-0.1, -0.05) is 54.6 Å². The first-order chi connectivity index (χ1) is 10.3. The lowest BCUT2D eigenvalue weighted by molar-refractivity contribution is 0.426. The van der Waals surface area contributed by atoms with Gasteiger partial charge in [-0.25, -0.2) is 9.59 Å². The highest BCUT2D eigenvalue weighted by molar-refractivity contribution is 5.77. The Balaban J connectivity index is 2.00. The molecule has 0 N–H and O–H groups in total. The number of hydrogen-bond acceptors (Lipinski definition) is 3. The fraction of sp³-hybridized carbons (Fsp3) is 0.0588. The van der Waals surface area contributed by atoms with Gasteiger partial charge in [-0.2, -0.15) is 0 Å². The lowest BCUT2D eigenvalue weighted by Gasteiger charge is -2.05. The molecule has 2 aromatic carbocycles. The van der Waals surface area contributed by atoms with E-state index in [9.17, 15) is 9.59 Å². The summed E-state index contributed by atoms with van der Waals surface area (Å²) in [4.78, 5) is 23.5. The van der Waals surface area contributed by atoms with Crippen LogP contribution in [0.5, 0.6) is 0 Å². The van der Waals surface area contributed by atoms with E-state index in [-0.39, 0.29) is 0 Å². The summed E-state index contributed by atoms with van der Waals surface area (Å²) < 4.78 is 6.18. The zero-order valence-corrected chi connectivity index (χ0v) is 11.2. The number of benzene rings is 2. The van der Waals surface area contributed by atoms with Gasteiger partial charge in [0.2, 0.25) is 0 Å². The molecule has 104 valence electrons. The van der Waals surface area contributed by atoms with Crippen molar-refractivity contribution in [2.24, 2.45) is 0 Å². The summed E-state index contributed by atoms with van der Waals surface area (Å²) in [6, 6.07) is 16.7. The third-order valence-corrected chi connectivity index (χ3v) is 3.21. The predicted octanol–water partition coefficient (Wildman–Crippen LogP) is 2.67. The van der Waals surface area contributed by atoms with Crippen LogP contribution in [0.4, 0.5) is 0 Å². The minimum Gasteiger partial charge on any atom is -0.372 e. The standard InChI is InChI=1S/C17H13NO3/c19-16-14-10-4-5-11-15(14)18(17(20)21-16)12-6-9-13-7-2-1-3-8-13/h1-11H,12H2/b9-6+. The summed E-state index contributed by atoms with van der Waals surface area (Å²) >= 11 is 0. The molecule has 0 atom stereocenters. The number of hydrogen-bond donors (Lipinski definition) is 0. The lowest BCUT2D eigenvalue weighted by Crippen LogP contribution is -2.24. The minimum atomic E-state index is -0.642. The van der Waals surface area contributed by atoms with Gasteiger partial charge < -0.3 is 4.42 Å². The molecule has 1 heterocycles. The molecule has 0 aliphatic carbocycles. The molecular weight excluding hydrogens is 266 g/mol. The van der Waals surface area contributed by atoms with E-state index < -0.39 is 11.4 Å². The van der Waals surface area contributed by atoms with E-state index in [1.807, 2.05) is 42.5 Å². The highest BCUT2D eigenvalue weighted by Crippen LogP contribution is 2.08. The summed E-state index contributed by atoms with van der Waals surface area (Å²) in [5, 5.41) is 0.408. The Bertz CT molecular complexity index is 904. The normalized spacial score (nSPS) is 11.2. The van der Waals surface area contributed by atoms with Gasteiger partial charge in [0, 0.05) is 6.54 Å². The van der Waals surface area contributed by atoms with E-state index in [1.54, 1.807) is 24.3 Å². The van der Waals surface area contributed by atoms with Gasteiger partial charge in [-0.05, 0) is 17.7 Å². The van der Waals surface area contributed by atoms with Crippen molar-refractivity contribution >= 4 is 17.0 Å². The number of fused-ring (bicyclic) bond motifs is 1. The molecule has 0 radical (unpaired) electrons. The van der Waals surface area contributed by atoms with Gasteiger partial charge in [0.1, 0.15) is 0 Å². The zero-order chi connectivity index (χ0) is 14.7.